The van der Waals surface area contributed by atoms with Crippen molar-refractivity contribution in [3.8, 4) is 0 Å². The summed E-state index contributed by atoms with van der Waals surface area (Å²) in [5.74, 6) is -0.595. The molecule has 0 aromatic heterocycles. The third-order valence-corrected chi connectivity index (χ3v) is 6.10. The van der Waals surface area contributed by atoms with Crippen LogP contribution in [0.15, 0.2) is 23.1 Å². The lowest BCUT2D eigenvalue weighted by atomic mass is 9.74. The van der Waals surface area contributed by atoms with Crippen LogP contribution < -0.4 is 10.5 Å². The van der Waals surface area contributed by atoms with Crippen LogP contribution in [-0.2, 0) is 10.0 Å². The number of benzene rings is 1. The van der Waals surface area contributed by atoms with E-state index in [0.29, 0.717) is 12.0 Å². The normalized spacial score (nSPS) is 25.5. The number of hydrogen-bond acceptors (Lipinski definition) is 3. The smallest absolute Gasteiger partial charge is 0.244 e. The number of sulfonamides is 1. The molecule has 0 heterocycles. The highest BCUT2D eigenvalue weighted by molar-refractivity contribution is 7.89. The van der Waals surface area contributed by atoms with Crippen molar-refractivity contribution in [2.45, 2.75) is 50.0 Å². The highest BCUT2D eigenvalue weighted by Crippen LogP contribution is 2.34. The van der Waals surface area contributed by atoms with Crippen LogP contribution in [0.4, 0.5) is 4.39 Å². The second kappa shape index (κ2) is 7.25. The molecule has 3 N–H and O–H groups in total. The molecule has 2 rings (SSSR count). The van der Waals surface area contributed by atoms with E-state index in [-0.39, 0.29) is 29.8 Å². The third-order valence-electron chi connectivity index (χ3n) is 4.53. The van der Waals surface area contributed by atoms with Gasteiger partial charge in [-0.3, -0.25) is 0 Å². The molecule has 2 unspecified atom stereocenters. The predicted octanol–water partition coefficient (Wildman–Crippen LogP) is 2.74. The molecule has 0 saturated heterocycles. The lowest BCUT2D eigenvalue weighted by Gasteiger charge is -2.42. The van der Waals surface area contributed by atoms with Gasteiger partial charge in [-0.25, -0.2) is 17.5 Å². The molecule has 1 aromatic carbocycles. The zero-order valence-electron chi connectivity index (χ0n) is 12.9. The molecule has 2 atom stereocenters. The van der Waals surface area contributed by atoms with E-state index in [9.17, 15) is 12.8 Å². The van der Waals surface area contributed by atoms with E-state index >= 15 is 0 Å². The molecule has 1 saturated carbocycles. The minimum Gasteiger partial charge on any atom is -0.329 e. The SMILES string of the molecule is Cc1ccc(F)c(S(=O)(=O)NC2(CN)CCCCC2C)c1.Cl. The summed E-state index contributed by atoms with van der Waals surface area (Å²) in [6, 6.07) is 4.09. The Morgan fingerprint density at radius 2 is 2.09 bits per heavy atom. The van der Waals surface area contributed by atoms with E-state index in [1.54, 1.807) is 13.0 Å². The van der Waals surface area contributed by atoms with Crippen LogP contribution in [0.1, 0.15) is 38.2 Å². The predicted molar refractivity (Wildman–Crippen MR) is 88.1 cm³/mol. The Morgan fingerprint density at radius 1 is 1.41 bits per heavy atom. The summed E-state index contributed by atoms with van der Waals surface area (Å²) in [5.41, 5.74) is 5.89. The minimum atomic E-state index is -3.92. The van der Waals surface area contributed by atoms with Gasteiger partial charge in [0.2, 0.25) is 10.0 Å². The number of aryl methyl sites for hydroxylation is 1. The fourth-order valence-corrected chi connectivity index (χ4v) is 4.75. The number of nitrogens with one attached hydrogen (secondary N) is 1. The second-order valence-electron chi connectivity index (χ2n) is 6.05. The van der Waals surface area contributed by atoms with Gasteiger partial charge in [0.05, 0.1) is 0 Å². The molecule has 0 bridgehead atoms. The molecule has 1 fully saturated rings. The van der Waals surface area contributed by atoms with Crippen molar-refractivity contribution in [1.29, 1.82) is 0 Å². The first-order valence-electron chi connectivity index (χ1n) is 7.31. The molecular formula is C15H24ClFN2O2S. The van der Waals surface area contributed by atoms with Crippen LogP contribution in [0.2, 0.25) is 0 Å². The number of rotatable bonds is 4. The maximum Gasteiger partial charge on any atom is 0.244 e. The molecular weight excluding hydrogens is 327 g/mol. The van der Waals surface area contributed by atoms with Crippen molar-refractivity contribution in [3.63, 3.8) is 0 Å². The summed E-state index contributed by atoms with van der Waals surface area (Å²) in [6.45, 7) is 3.96. The zero-order chi connectivity index (χ0) is 15.7. The Labute approximate surface area is 138 Å². The molecule has 0 spiro atoms. The van der Waals surface area contributed by atoms with Crippen LogP contribution >= 0.6 is 12.4 Å². The largest absolute Gasteiger partial charge is 0.329 e. The van der Waals surface area contributed by atoms with Crippen molar-refractivity contribution in [1.82, 2.24) is 4.72 Å². The summed E-state index contributed by atoms with van der Waals surface area (Å²) in [5, 5.41) is 0. The van der Waals surface area contributed by atoms with Gasteiger partial charge < -0.3 is 5.73 Å². The van der Waals surface area contributed by atoms with Gasteiger partial charge >= 0.3 is 0 Å². The van der Waals surface area contributed by atoms with Crippen LogP contribution in [-0.4, -0.2) is 20.5 Å². The zero-order valence-corrected chi connectivity index (χ0v) is 14.6. The van der Waals surface area contributed by atoms with Gasteiger partial charge in [0.25, 0.3) is 0 Å². The first-order valence-corrected chi connectivity index (χ1v) is 8.79. The van der Waals surface area contributed by atoms with Gasteiger partial charge in [0.15, 0.2) is 0 Å². The summed E-state index contributed by atoms with van der Waals surface area (Å²) in [6.07, 6.45) is 3.62. The third kappa shape index (κ3) is 3.79. The van der Waals surface area contributed by atoms with E-state index in [2.05, 4.69) is 4.72 Å². The highest BCUT2D eigenvalue weighted by Gasteiger charge is 2.41. The van der Waals surface area contributed by atoms with Crippen LogP contribution in [0.25, 0.3) is 0 Å². The standard InChI is InChI=1S/C15H23FN2O2S.ClH/c1-11-6-7-13(16)14(9-11)21(19,20)18-15(10-17)8-4-3-5-12(15)2;/h6-7,9,12,18H,3-5,8,10,17H2,1-2H3;1H. The molecule has 0 amide bonds. The van der Waals surface area contributed by atoms with Crippen LogP contribution in [0.3, 0.4) is 0 Å². The van der Waals surface area contributed by atoms with Gasteiger partial charge in [0.1, 0.15) is 10.7 Å². The van der Waals surface area contributed by atoms with Crippen LogP contribution in [0.5, 0.6) is 0 Å². The fourth-order valence-electron chi connectivity index (χ4n) is 3.05. The molecule has 1 aliphatic carbocycles. The number of nitrogens with two attached hydrogens (primary N) is 1. The lowest BCUT2D eigenvalue weighted by Crippen LogP contribution is -2.59. The Morgan fingerprint density at radius 3 is 2.68 bits per heavy atom. The molecule has 0 aliphatic heterocycles. The van der Waals surface area contributed by atoms with Crippen molar-refractivity contribution in [2.75, 3.05) is 6.54 Å². The first-order chi connectivity index (χ1) is 9.81. The second-order valence-corrected chi connectivity index (χ2v) is 7.70. The fraction of sp³-hybridized carbons (Fsp3) is 0.600. The van der Waals surface area contributed by atoms with Gasteiger partial charge in [-0.1, -0.05) is 25.8 Å². The van der Waals surface area contributed by atoms with Gasteiger partial charge in [-0.15, -0.1) is 12.4 Å². The van der Waals surface area contributed by atoms with Gasteiger partial charge in [-0.05, 0) is 43.4 Å². The average Bonchev–Trinajstić information content (AvgIpc) is 2.44. The molecule has 4 nitrogen and oxygen atoms in total. The molecule has 7 heteroatoms. The summed E-state index contributed by atoms with van der Waals surface area (Å²) in [7, 11) is -3.92. The molecule has 1 aromatic rings. The number of hydrogen-bond donors (Lipinski definition) is 2. The maximum atomic E-state index is 13.9. The Bertz CT molecular complexity index is 624. The van der Waals surface area contributed by atoms with Crippen molar-refractivity contribution in [2.24, 2.45) is 11.7 Å². The average molecular weight is 351 g/mol. The van der Waals surface area contributed by atoms with E-state index in [1.165, 1.54) is 12.1 Å². The van der Waals surface area contributed by atoms with E-state index < -0.39 is 21.4 Å². The van der Waals surface area contributed by atoms with Crippen molar-refractivity contribution >= 4 is 22.4 Å². The van der Waals surface area contributed by atoms with Crippen molar-refractivity contribution in [3.05, 3.63) is 29.6 Å². The van der Waals surface area contributed by atoms with Gasteiger partial charge in [0, 0.05) is 12.1 Å². The maximum absolute atomic E-state index is 13.9. The van der Waals surface area contributed by atoms with Crippen molar-refractivity contribution < 1.29 is 12.8 Å². The molecule has 0 radical (unpaired) electrons. The van der Waals surface area contributed by atoms with E-state index in [1.807, 2.05) is 6.92 Å². The first kappa shape index (κ1) is 19.4. The summed E-state index contributed by atoms with van der Waals surface area (Å²) < 4.78 is 41.7. The quantitative estimate of drug-likeness (QED) is 0.877. The Hall–Kier alpha value is -0.690. The Kier molecular flexibility index (Phi) is 6.38. The summed E-state index contributed by atoms with van der Waals surface area (Å²) >= 11 is 0. The molecule has 22 heavy (non-hydrogen) atoms. The monoisotopic (exact) mass is 350 g/mol. The summed E-state index contributed by atoms with van der Waals surface area (Å²) in [4.78, 5) is -0.298. The molecule has 126 valence electrons. The minimum absolute atomic E-state index is 0. The van der Waals surface area contributed by atoms with E-state index in [0.717, 1.165) is 19.3 Å². The highest BCUT2D eigenvalue weighted by atomic mass is 35.5. The Balaban J connectivity index is 0.00000242. The lowest BCUT2D eigenvalue weighted by molar-refractivity contribution is 0.191. The number of halogens is 2. The topological polar surface area (TPSA) is 72.2 Å². The van der Waals surface area contributed by atoms with Crippen LogP contribution in [0, 0.1) is 18.7 Å². The molecule has 1 aliphatic rings. The van der Waals surface area contributed by atoms with Gasteiger partial charge in [-0.2, -0.15) is 0 Å². The van der Waals surface area contributed by atoms with E-state index in [4.69, 9.17) is 5.73 Å².